The lowest BCUT2D eigenvalue weighted by molar-refractivity contribution is 0.391. The van der Waals surface area contributed by atoms with Gasteiger partial charge in [0.2, 0.25) is 0 Å². The molecule has 2 aromatic rings. The van der Waals surface area contributed by atoms with Crippen LogP contribution >= 0.6 is 15.9 Å². The standard InChI is InChI=1S/C12H13BrN4O/c13-9-2-1-5-15-10(9)12-16-11(17-18-12)8-3-6-14-7-4-8/h1-2,5,8,14H,3-4,6-7H2. The van der Waals surface area contributed by atoms with Crippen molar-refractivity contribution in [3.63, 3.8) is 0 Å². The lowest BCUT2D eigenvalue weighted by atomic mass is 9.98. The first-order valence-corrected chi connectivity index (χ1v) is 6.79. The number of nitrogens with zero attached hydrogens (tertiary/aromatic N) is 3. The summed E-state index contributed by atoms with van der Waals surface area (Å²) in [6.45, 7) is 2.03. The number of halogens is 1. The summed E-state index contributed by atoms with van der Waals surface area (Å²) in [5, 5.41) is 7.41. The number of hydrogen-bond donors (Lipinski definition) is 1. The van der Waals surface area contributed by atoms with E-state index < -0.39 is 0 Å². The van der Waals surface area contributed by atoms with Crippen molar-refractivity contribution in [2.75, 3.05) is 13.1 Å². The molecular formula is C12H13BrN4O. The molecule has 18 heavy (non-hydrogen) atoms. The topological polar surface area (TPSA) is 63.8 Å². The van der Waals surface area contributed by atoms with Gasteiger partial charge in [-0.05, 0) is 54.0 Å². The molecule has 0 amide bonds. The van der Waals surface area contributed by atoms with Gasteiger partial charge in [0.1, 0.15) is 5.69 Å². The van der Waals surface area contributed by atoms with Crippen molar-refractivity contribution in [3.8, 4) is 11.6 Å². The van der Waals surface area contributed by atoms with E-state index in [1.165, 1.54) is 0 Å². The molecule has 0 aromatic carbocycles. The fourth-order valence-electron chi connectivity index (χ4n) is 2.12. The monoisotopic (exact) mass is 308 g/mol. The third-order valence-electron chi connectivity index (χ3n) is 3.11. The zero-order valence-electron chi connectivity index (χ0n) is 9.77. The summed E-state index contributed by atoms with van der Waals surface area (Å²) in [4.78, 5) is 8.72. The SMILES string of the molecule is Brc1cccnc1-c1nc(C2CCNCC2)no1. The smallest absolute Gasteiger partial charge is 0.277 e. The van der Waals surface area contributed by atoms with Crippen LogP contribution in [0.25, 0.3) is 11.6 Å². The summed E-state index contributed by atoms with van der Waals surface area (Å²) in [6.07, 6.45) is 3.83. The summed E-state index contributed by atoms with van der Waals surface area (Å²) in [6, 6.07) is 3.77. The predicted molar refractivity (Wildman–Crippen MR) is 70.1 cm³/mol. The molecule has 5 nitrogen and oxygen atoms in total. The van der Waals surface area contributed by atoms with Gasteiger partial charge >= 0.3 is 0 Å². The van der Waals surface area contributed by atoms with E-state index in [0.29, 0.717) is 17.5 Å². The van der Waals surface area contributed by atoms with E-state index >= 15 is 0 Å². The predicted octanol–water partition coefficient (Wildman–Crippen LogP) is 2.36. The lowest BCUT2D eigenvalue weighted by Gasteiger charge is -2.18. The van der Waals surface area contributed by atoms with Gasteiger partial charge in [0.25, 0.3) is 5.89 Å². The van der Waals surface area contributed by atoms with Crippen LogP contribution in [0.15, 0.2) is 27.3 Å². The van der Waals surface area contributed by atoms with E-state index in [9.17, 15) is 0 Å². The summed E-state index contributed by atoms with van der Waals surface area (Å²) >= 11 is 3.44. The van der Waals surface area contributed by atoms with Crippen LogP contribution in [0.4, 0.5) is 0 Å². The molecule has 0 atom stereocenters. The van der Waals surface area contributed by atoms with Crippen LogP contribution in [0.2, 0.25) is 0 Å². The van der Waals surface area contributed by atoms with Gasteiger partial charge in [-0.15, -0.1) is 0 Å². The minimum Gasteiger partial charge on any atom is -0.332 e. The maximum Gasteiger partial charge on any atom is 0.277 e. The van der Waals surface area contributed by atoms with Gasteiger partial charge < -0.3 is 9.84 Å². The Hall–Kier alpha value is -1.27. The lowest BCUT2D eigenvalue weighted by Crippen LogP contribution is -2.27. The van der Waals surface area contributed by atoms with Crippen LogP contribution in [0.1, 0.15) is 24.6 Å². The molecule has 0 saturated carbocycles. The zero-order chi connectivity index (χ0) is 12.4. The summed E-state index contributed by atoms with van der Waals surface area (Å²) in [7, 11) is 0. The average Bonchev–Trinajstić information content (AvgIpc) is 2.90. The summed E-state index contributed by atoms with van der Waals surface area (Å²) in [5.74, 6) is 1.67. The number of pyridine rings is 1. The second-order valence-corrected chi connectivity index (χ2v) is 5.17. The molecule has 94 valence electrons. The Labute approximate surface area is 113 Å². The summed E-state index contributed by atoms with van der Waals surface area (Å²) < 4.78 is 6.18. The van der Waals surface area contributed by atoms with E-state index in [-0.39, 0.29) is 0 Å². The van der Waals surface area contributed by atoms with Crippen LogP contribution in [0.3, 0.4) is 0 Å². The van der Waals surface area contributed by atoms with Crippen molar-refractivity contribution in [2.45, 2.75) is 18.8 Å². The number of nitrogens with one attached hydrogen (secondary N) is 1. The third kappa shape index (κ3) is 2.30. The Kier molecular flexibility index (Phi) is 3.38. The van der Waals surface area contributed by atoms with Gasteiger partial charge in [-0.2, -0.15) is 4.98 Å². The quantitative estimate of drug-likeness (QED) is 0.922. The van der Waals surface area contributed by atoms with E-state index in [1.54, 1.807) is 6.20 Å². The average molecular weight is 309 g/mol. The van der Waals surface area contributed by atoms with Crippen LogP contribution in [0, 0.1) is 0 Å². The van der Waals surface area contributed by atoms with Gasteiger partial charge in [0.05, 0.1) is 0 Å². The molecule has 3 heterocycles. The highest BCUT2D eigenvalue weighted by Crippen LogP contribution is 2.27. The Bertz CT molecular complexity index is 536. The van der Waals surface area contributed by atoms with Crippen molar-refractivity contribution in [3.05, 3.63) is 28.6 Å². The molecular weight excluding hydrogens is 296 g/mol. The van der Waals surface area contributed by atoms with Crippen molar-refractivity contribution >= 4 is 15.9 Å². The minimum atomic E-state index is 0.395. The molecule has 1 aliphatic heterocycles. The van der Waals surface area contributed by atoms with Crippen LogP contribution < -0.4 is 5.32 Å². The molecule has 1 fully saturated rings. The number of hydrogen-bond acceptors (Lipinski definition) is 5. The fourth-order valence-corrected chi connectivity index (χ4v) is 2.54. The number of aromatic nitrogens is 3. The minimum absolute atomic E-state index is 0.395. The highest BCUT2D eigenvalue weighted by atomic mass is 79.9. The van der Waals surface area contributed by atoms with Gasteiger partial charge in [-0.3, -0.25) is 0 Å². The van der Waals surface area contributed by atoms with Gasteiger partial charge in [0.15, 0.2) is 5.82 Å². The molecule has 2 aromatic heterocycles. The maximum atomic E-state index is 5.31. The highest BCUT2D eigenvalue weighted by Gasteiger charge is 2.22. The molecule has 0 unspecified atom stereocenters. The molecule has 0 radical (unpaired) electrons. The van der Waals surface area contributed by atoms with E-state index in [0.717, 1.165) is 36.2 Å². The Morgan fingerprint density at radius 2 is 2.17 bits per heavy atom. The van der Waals surface area contributed by atoms with Crippen LogP contribution in [-0.4, -0.2) is 28.2 Å². The Morgan fingerprint density at radius 1 is 1.33 bits per heavy atom. The first kappa shape index (κ1) is 11.8. The van der Waals surface area contributed by atoms with Crippen molar-refractivity contribution in [1.29, 1.82) is 0 Å². The second-order valence-electron chi connectivity index (χ2n) is 4.32. The molecule has 1 N–H and O–H groups in total. The fraction of sp³-hybridized carbons (Fsp3) is 0.417. The Morgan fingerprint density at radius 3 is 2.94 bits per heavy atom. The Balaban J connectivity index is 1.87. The molecule has 0 bridgehead atoms. The van der Waals surface area contributed by atoms with Crippen molar-refractivity contribution < 1.29 is 4.52 Å². The zero-order valence-corrected chi connectivity index (χ0v) is 11.4. The van der Waals surface area contributed by atoms with Gasteiger partial charge in [0, 0.05) is 16.6 Å². The molecule has 3 rings (SSSR count). The largest absolute Gasteiger partial charge is 0.332 e. The van der Waals surface area contributed by atoms with Crippen molar-refractivity contribution in [2.24, 2.45) is 0 Å². The maximum absolute atomic E-state index is 5.31. The first-order valence-electron chi connectivity index (χ1n) is 6.00. The number of rotatable bonds is 2. The van der Waals surface area contributed by atoms with E-state index in [1.807, 2.05) is 12.1 Å². The van der Waals surface area contributed by atoms with E-state index in [4.69, 9.17) is 4.52 Å². The highest BCUT2D eigenvalue weighted by molar-refractivity contribution is 9.10. The molecule has 6 heteroatoms. The third-order valence-corrected chi connectivity index (χ3v) is 3.75. The van der Waals surface area contributed by atoms with E-state index in [2.05, 4.69) is 36.4 Å². The van der Waals surface area contributed by atoms with Gasteiger partial charge in [-0.1, -0.05) is 5.16 Å². The summed E-state index contributed by atoms with van der Waals surface area (Å²) in [5.41, 5.74) is 0.699. The van der Waals surface area contributed by atoms with Crippen molar-refractivity contribution in [1.82, 2.24) is 20.4 Å². The number of piperidine rings is 1. The molecule has 0 spiro atoms. The van der Waals surface area contributed by atoms with Gasteiger partial charge in [-0.25, -0.2) is 4.98 Å². The second kappa shape index (κ2) is 5.16. The first-order chi connectivity index (χ1) is 8.84. The van der Waals surface area contributed by atoms with Crippen LogP contribution in [0.5, 0.6) is 0 Å². The molecule has 1 saturated heterocycles. The molecule has 0 aliphatic carbocycles. The normalized spacial score (nSPS) is 16.9. The van der Waals surface area contributed by atoms with Crippen LogP contribution in [-0.2, 0) is 0 Å². The molecule has 1 aliphatic rings.